The molecule has 2 rings (SSSR count). The van der Waals surface area contributed by atoms with Gasteiger partial charge in [-0.05, 0) is 39.5 Å². The van der Waals surface area contributed by atoms with E-state index in [1.165, 1.54) is 16.2 Å². The number of ether oxygens (including phenoxy) is 2. The van der Waals surface area contributed by atoms with E-state index in [9.17, 15) is 14.4 Å². The number of urea groups is 1. The molecule has 3 N–H and O–H groups in total. The van der Waals surface area contributed by atoms with Gasteiger partial charge in [-0.1, -0.05) is 27.7 Å². The monoisotopic (exact) mass is 610 g/mol. The molecule has 0 radical (unpaired) electrons. The van der Waals surface area contributed by atoms with E-state index >= 15 is 0 Å². The van der Waals surface area contributed by atoms with Gasteiger partial charge in [0.25, 0.3) is 0 Å². The number of thiazole rings is 2. The number of alkyl carbamates (subject to hydrolysis) is 1. The summed E-state index contributed by atoms with van der Waals surface area (Å²) in [7, 11) is 1.68. The van der Waals surface area contributed by atoms with Crippen LogP contribution < -0.4 is 16.0 Å². The summed E-state index contributed by atoms with van der Waals surface area (Å²) in [4.78, 5) is 49.4. The molecule has 2 heterocycles. The van der Waals surface area contributed by atoms with E-state index in [2.05, 4.69) is 39.8 Å². The third-order valence-electron chi connectivity index (χ3n) is 6.15. The Balaban J connectivity index is 1.89. The average molecular weight is 611 g/mol. The van der Waals surface area contributed by atoms with E-state index in [4.69, 9.17) is 9.47 Å². The molecular formula is C28H46N6O5S2. The minimum absolute atomic E-state index is 0.150. The van der Waals surface area contributed by atoms with E-state index in [-0.39, 0.29) is 36.5 Å². The first-order valence-corrected chi connectivity index (χ1v) is 15.8. The lowest BCUT2D eigenvalue weighted by atomic mass is 10.1. The second-order valence-electron chi connectivity index (χ2n) is 11.1. The Hall–Kier alpha value is -2.77. The Kier molecular flexibility index (Phi) is 14.5. The fourth-order valence-electron chi connectivity index (χ4n) is 3.72. The van der Waals surface area contributed by atoms with Crippen molar-refractivity contribution in [2.75, 3.05) is 13.7 Å². The van der Waals surface area contributed by atoms with Crippen LogP contribution in [0.5, 0.6) is 0 Å². The molecule has 3 unspecified atom stereocenters. The summed E-state index contributed by atoms with van der Waals surface area (Å²) in [5.41, 5.74) is 2.50. The Labute approximate surface area is 251 Å². The number of rotatable bonds is 16. The van der Waals surface area contributed by atoms with Gasteiger partial charge in [0, 0.05) is 43.2 Å². The van der Waals surface area contributed by atoms with Crippen molar-refractivity contribution in [2.24, 2.45) is 5.92 Å². The molecule has 0 aliphatic carbocycles. The lowest BCUT2D eigenvalue weighted by Crippen LogP contribution is -2.57. The first-order valence-electron chi connectivity index (χ1n) is 14.0. The maximum Gasteiger partial charge on any atom is 0.407 e. The van der Waals surface area contributed by atoms with Gasteiger partial charge in [0.2, 0.25) is 5.91 Å². The number of carbonyl (C=O) groups is 3. The smallest absolute Gasteiger partial charge is 0.407 e. The standard InChI is InChI=1S/C28H46N6O5S2/c1-17(2)13-38-21(7)24(33-27(36)34(8)12-22-15-40-26(32-22)18(3)4)25(35)30-19(5)9-10-20(6)31-28(37)39-14-23-11-29-16-41-23/h11,15-21,24H,9-10,12-14H2,1-8H3,(H,30,35)(H,31,37)(H,33,36)/t19?,20?,21-,24?/m1/s1. The van der Waals surface area contributed by atoms with Crippen LogP contribution in [0, 0.1) is 5.92 Å². The van der Waals surface area contributed by atoms with Crippen molar-refractivity contribution in [2.45, 2.75) is 105 Å². The highest BCUT2D eigenvalue weighted by molar-refractivity contribution is 7.09. The van der Waals surface area contributed by atoms with Gasteiger partial charge in [0.05, 0.1) is 33.7 Å². The zero-order chi connectivity index (χ0) is 30.5. The molecule has 2 aromatic heterocycles. The Morgan fingerprint density at radius 2 is 1.66 bits per heavy atom. The van der Waals surface area contributed by atoms with Gasteiger partial charge in [0.1, 0.15) is 12.6 Å². The molecule has 4 amide bonds. The molecule has 2 aromatic rings. The predicted octanol–water partition coefficient (Wildman–Crippen LogP) is 4.89. The molecule has 4 atom stereocenters. The van der Waals surface area contributed by atoms with Gasteiger partial charge in [-0.3, -0.25) is 9.78 Å². The van der Waals surface area contributed by atoms with E-state index in [1.54, 1.807) is 37.0 Å². The zero-order valence-corrected chi connectivity index (χ0v) is 27.1. The quantitative estimate of drug-likeness (QED) is 0.246. The van der Waals surface area contributed by atoms with Crippen LogP contribution in [0.2, 0.25) is 0 Å². The number of carbonyl (C=O) groups excluding carboxylic acids is 3. The summed E-state index contributed by atoms with van der Waals surface area (Å²) < 4.78 is 11.1. The summed E-state index contributed by atoms with van der Waals surface area (Å²) in [5, 5.41) is 11.6. The molecule has 0 aromatic carbocycles. The van der Waals surface area contributed by atoms with Crippen LogP contribution in [0.4, 0.5) is 9.59 Å². The van der Waals surface area contributed by atoms with Crippen LogP contribution in [-0.2, 0) is 27.4 Å². The van der Waals surface area contributed by atoms with Crippen molar-refractivity contribution >= 4 is 40.7 Å². The summed E-state index contributed by atoms with van der Waals surface area (Å²) >= 11 is 3.00. The lowest BCUT2D eigenvalue weighted by Gasteiger charge is -2.29. The third-order valence-corrected chi connectivity index (χ3v) is 8.09. The van der Waals surface area contributed by atoms with E-state index in [1.807, 2.05) is 33.1 Å². The van der Waals surface area contributed by atoms with Gasteiger partial charge < -0.3 is 30.3 Å². The van der Waals surface area contributed by atoms with Crippen LogP contribution in [0.3, 0.4) is 0 Å². The Morgan fingerprint density at radius 1 is 0.976 bits per heavy atom. The summed E-state index contributed by atoms with van der Waals surface area (Å²) in [5.74, 6) is 0.278. The number of amides is 4. The maximum atomic E-state index is 13.3. The molecule has 230 valence electrons. The van der Waals surface area contributed by atoms with Gasteiger partial charge in [-0.15, -0.1) is 22.7 Å². The van der Waals surface area contributed by atoms with Crippen LogP contribution in [-0.4, -0.2) is 70.8 Å². The third kappa shape index (κ3) is 12.7. The molecule has 0 fully saturated rings. The van der Waals surface area contributed by atoms with Gasteiger partial charge in [0.15, 0.2) is 0 Å². The minimum Gasteiger partial charge on any atom is -0.444 e. The Bertz CT molecular complexity index is 1080. The second kappa shape index (κ2) is 17.2. The number of hydrogen-bond acceptors (Lipinski definition) is 9. The summed E-state index contributed by atoms with van der Waals surface area (Å²) in [6.45, 7) is 14.8. The topological polar surface area (TPSA) is 135 Å². The van der Waals surface area contributed by atoms with E-state index in [0.29, 0.717) is 31.9 Å². The lowest BCUT2D eigenvalue weighted by molar-refractivity contribution is -0.127. The van der Waals surface area contributed by atoms with Gasteiger partial charge in [-0.2, -0.15) is 0 Å². The first kappa shape index (κ1) is 34.4. The molecule has 0 spiro atoms. The largest absolute Gasteiger partial charge is 0.444 e. The average Bonchev–Trinajstić information content (AvgIpc) is 3.60. The summed E-state index contributed by atoms with van der Waals surface area (Å²) in [6.07, 6.45) is 1.87. The highest BCUT2D eigenvalue weighted by Crippen LogP contribution is 2.20. The van der Waals surface area contributed by atoms with E-state index < -0.39 is 18.2 Å². The highest BCUT2D eigenvalue weighted by atomic mass is 32.1. The van der Waals surface area contributed by atoms with Crippen molar-refractivity contribution in [3.63, 3.8) is 0 Å². The fourth-order valence-corrected chi connectivity index (χ4v) is 5.06. The van der Waals surface area contributed by atoms with Crippen LogP contribution in [0.25, 0.3) is 0 Å². The second-order valence-corrected chi connectivity index (χ2v) is 13.0. The van der Waals surface area contributed by atoms with Crippen molar-refractivity contribution in [3.05, 3.63) is 32.7 Å². The zero-order valence-electron chi connectivity index (χ0n) is 25.4. The number of nitrogens with one attached hydrogen (secondary N) is 3. The van der Waals surface area contributed by atoms with Crippen molar-refractivity contribution in [3.8, 4) is 0 Å². The first-order chi connectivity index (χ1) is 19.3. The molecule has 0 saturated carbocycles. The van der Waals surface area contributed by atoms with Crippen LogP contribution >= 0.6 is 22.7 Å². The highest BCUT2D eigenvalue weighted by Gasteiger charge is 2.30. The van der Waals surface area contributed by atoms with Gasteiger partial charge >= 0.3 is 12.1 Å². The maximum absolute atomic E-state index is 13.3. The molecule has 13 heteroatoms. The number of nitrogens with zero attached hydrogens (tertiary/aromatic N) is 3. The van der Waals surface area contributed by atoms with Crippen molar-refractivity contribution < 1.29 is 23.9 Å². The van der Waals surface area contributed by atoms with E-state index in [0.717, 1.165) is 15.6 Å². The molecule has 11 nitrogen and oxygen atoms in total. The van der Waals surface area contributed by atoms with Crippen LogP contribution in [0.1, 0.15) is 82.8 Å². The molecule has 41 heavy (non-hydrogen) atoms. The fraction of sp³-hybridized carbons (Fsp3) is 0.679. The van der Waals surface area contributed by atoms with Gasteiger partial charge in [-0.25, -0.2) is 14.6 Å². The molecule has 0 saturated heterocycles. The molecular weight excluding hydrogens is 564 g/mol. The molecule has 0 aliphatic heterocycles. The van der Waals surface area contributed by atoms with Crippen molar-refractivity contribution in [1.82, 2.24) is 30.8 Å². The number of hydrogen-bond donors (Lipinski definition) is 3. The SMILES string of the molecule is CC(C)CO[C@H](C)C(NC(=O)N(C)Cc1csc(C(C)C)n1)C(=O)NC(C)CCC(C)NC(=O)OCc1cncs1. The predicted molar refractivity (Wildman–Crippen MR) is 162 cm³/mol. The normalized spacial score (nSPS) is 14.3. The number of aromatic nitrogens is 2. The minimum atomic E-state index is -0.884. The Morgan fingerprint density at radius 3 is 2.24 bits per heavy atom. The van der Waals surface area contributed by atoms with Crippen molar-refractivity contribution in [1.29, 1.82) is 0 Å². The summed E-state index contributed by atoms with van der Waals surface area (Å²) in [6, 6.07) is -1.61. The molecule has 0 bridgehead atoms. The van der Waals surface area contributed by atoms with Crippen LogP contribution in [0.15, 0.2) is 17.1 Å². The molecule has 0 aliphatic rings.